The van der Waals surface area contributed by atoms with Gasteiger partial charge in [-0.3, -0.25) is 9.59 Å². The maximum Gasteiger partial charge on any atom is 0.319 e. The van der Waals surface area contributed by atoms with Crippen LogP contribution < -0.4 is 5.32 Å². The van der Waals surface area contributed by atoms with E-state index in [1.165, 1.54) is 17.8 Å². The molecule has 0 saturated carbocycles. The van der Waals surface area contributed by atoms with Gasteiger partial charge in [0.15, 0.2) is 0 Å². The van der Waals surface area contributed by atoms with Gasteiger partial charge in [-0.15, -0.1) is 11.8 Å². The van der Waals surface area contributed by atoms with Gasteiger partial charge in [-0.2, -0.15) is 0 Å². The van der Waals surface area contributed by atoms with Crippen molar-refractivity contribution >= 4 is 40.9 Å². The van der Waals surface area contributed by atoms with Crippen LogP contribution in [-0.2, 0) is 14.3 Å². The largest absolute Gasteiger partial charge is 0.465 e. The van der Waals surface area contributed by atoms with Crippen LogP contribution in [0.3, 0.4) is 0 Å². The number of carbonyl (C=O) groups excluding carboxylic acids is 2. The Morgan fingerprint density at radius 3 is 2.62 bits per heavy atom. The Bertz CT molecular complexity index is 625. The molecule has 0 heterocycles. The summed E-state index contributed by atoms with van der Waals surface area (Å²) in [6, 6.07) is 2.61. The molecule has 1 amide bonds. The summed E-state index contributed by atoms with van der Waals surface area (Å²) in [6.07, 6.45) is 2.80. The van der Waals surface area contributed by atoms with E-state index in [9.17, 15) is 14.0 Å². The number of benzene rings is 1. The maximum absolute atomic E-state index is 14.1. The lowest BCUT2D eigenvalue weighted by atomic mass is 10.1. The summed E-state index contributed by atoms with van der Waals surface area (Å²) in [5.41, 5.74) is 0.0669. The summed E-state index contributed by atoms with van der Waals surface area (Å²) in [7, 11) is 0. The fraction of sp³-hybridized carbons (Fsp3) is 0.579. The van der Waals surface area contributed by atoms with Gasteiger partial charge < -0.3 is 10.1 Å². The molecule has 0 aromatic heterocycles. The van der Waals surface area contributed by atoms with Gasteiger partial charge in [0, 0.05) is 11.3 Å². The molecule has 26 heavy (non-hydrogen) atoms. The molecule has 1 aromatic carbocycles. The van der Waals surface area contributed by atoms with Crippen LogP contribution in [0.5, 0.6) is 0 Å². The molecule has 0 aliphatic rings. The van der Waals surface area contributed by atoms with Gasteiger partial charge in [0.25, 0.3) is 0 Å². The number of ether oxygens (including phenoxy) is 1. The molecule has 4 nitrogen and oxygen atoms in total. The van der Waals surface area contributed by atoms with Crippen LogP contribution in [-0.4, -0.2) is 23.7 Å². The highest BCUT2D eigenvalue weighted by molar-refractivity contribution is 8.00. The molecule has 0 fully saturated rings. The number of nitrogens with one attached hydrogen (secondary N) is 1. The minimum Gasteiger partial charge on any atom is -0.465 e. The van der Waals surface area contributed by atoms with E-state index in [-0.39, 0.29) is 22.6 Å². The minimum absolute atomic E-state index is 0.0669. The monoisotopic (exact) mass is 403 g/mol. The third kappa shape index (κ3) is 7.96. The average Bonchev–Trinajstić information content (AvgIpc) is 2.57. The van der Waals surface area contributed by atoms with Crippen LogP contribution in [0, 0.1) is 11.7 Å². The van der Waals surface area contributed by atoms with E-state index in [0.29, 0.717) is 23.8 Å². The van der Waals surface area contributed by atoms with Gasteiger partial charge in [0.1, 0.15) is 11.1 Å². The lowest BCUT2D eigenvalue weighted by molar-refractivity contribution is -0.142. The molecule has 0 radical (unpaired) electrons. The number of rotatable bonds is 10. The van der Waals surface area contributed by atoms with Crippen LogP contribution in [0.2, 0.25) is 5.02 Å². The Labute approximate surface area is 164 Å². The second kappa shape index (κ2) is 11.4. The van der Waals surface area contributed by atoms with E-state index in [4.69, 9.17) is 16.3 Å². The van der Waals surface area contributed by atoms with E-state index < -0.39 is 11.1 Å². The summed E-state index contributed by atoms with van der Waals surface area (Å²) >= 11 is 7.27. The maximum atomic E-state index is 14.1. The second-order valence-corrected chi connectivity index (χ2v) is 8.31. The Balaban J connectivity index is 2.77. The van der Waals surface area contributed by atoms with Crippen molar-refractivity contribution in [2.75, 3.05) is 11.9 Å². The third-order valence-corrected chi connectivity index (χ3v) is 5.18. The first kappa shape index (κ1) is 22.8. The van der Waals surface area contributed by atoms with Crippen molar-refractivity contribution in [1.29, 1.82) is 0 Å². The molecular weight excluding hydrogens is 377 g/mol. The smallest absolute Gasteiger partial charge is 0.319 e. The molecule has 0 bridgehead atoms. The van der Waals surface area contributed by atoms with E-state index in [1.54, 1.807) is 6.92 Å². The predicted octanol–water partition coefficient (Wildman–Crippen LogP) is 5.68. The van der Waals surface area contributed by atoms with Gasteiger partial charge in [-0.25, -0.2) is 4.39 Å². The Morgan fingerprint density at radius 2 is 2.00 bits per heavy atom. The molecule has 1 rings (SSSR count). The van der Waals surface area contributed by atoms with Crippen LogP contribution in [0.25, 0.3) is 0 Å². The number of esters is 1. The number of carbonyl (C=O) groups is 2. The SMILES string of the molecule is CCCCOC(=O)C(C)Sc1cc(NC(=O)CCC(C)C)c(F)cc1Cl. The predicted molar refractivity (Wildman–Crippen MR) is 105 cm³/mol. The van der Waals surface area contributed by atoms with Gasteiger partial charge in [-0.05, 0) is 37.8 Å². The molecule has 0 spiro atoms. The lowest BCUT2D eigenvalue weighted by Crippen LogP contribution is -2.17. The Kier molecular flexibility index (Phi) is 10.0. The van der Waals surface area contributed by atoms with Crippen molar-refractivity contribution in [3.05, 3.63) is 23.0 Å². The third-order valence-electron chi connectivity index (χ3n) is 3.62. The van der Waals surface area contributed by atoms with Crippen LogP contribution in [0.1, 0.15) is 53.4 Å². The average molecular weight is 404 g/mol. The fourth-order valence-corrected chi connectivity index (χ4v) is 3.21. The van der Waals surface area contributed by atoms with Crippen LogP contribution >= 0.6 is 23.4 Å². The van der Waals surface area contributed by atoms with Gasteiger partial charge in [-0.1, -0.05) is 38.8 Å². The summed E-state index contributed by atoms with van der Waals surface area (Å²) in [4.78, 5) is 24.5. The first-order chi connectivity index (χ1) is 12.2. The topological polar surface area (TPSA) is 55.4 Å². The number of halogens is 2. The van der Waals surface area contributed by atoms with E-state index in [2.05, 4.69) is 5.32 Å². The molecule has 1 aromatic rings. The zero-order valence-corrected chi connectivity index (χ0v) is 17.3. The summed E-state index contributed by atoms with van der Waals surface area (Å²) in [5.74, 6) is -0.800. The van der Waals surface area contributed by atoms with Gasteiger partial charge in [0.05, 0.1) is 17.3 Å². The number of unbranched alkanes of at least 4 members (excludes halogenated alkanes) is 1. The zero-order chi connectivity index (χ0) is 19.7. The van der Waals surface area contributed by atoms with Crippen molar-refractivity contribution in [3.8, 4) is 0 Å². The van der Waals surface area contributed by atoms with Gasteiger partial charge >= 0.3 is 5.97 Å². The van der Waals surface area contributed by atoms with Gasteiger partial charge in [0.2, 0.25) is 5.91 Å². The molecule has 7 heteroatoms. The van der Waals surface area contributed by atoms with E-state index in [1.807, 2.05) is 20.8 Å². The van der Waals surface area contributed by atoms with Crippen LogP contribution in [0.4, 0.5) is 10.1 Å². The number of anilines is 1. The molecular formula is C19H27ClFNO3S. The highest BCUT2D eigenvalue weighted by Crippen LogP contribution is 2.34. The van der Waals surface area contributed by atoms with Crippen molar-refractivity contribution in [2.24, 2.45) is 5.92 Å². The molecule has 0 saturated heterocycles. The first-order valence-electron chi connectivity index (χ1n) is 8.86. The molecule has 1 unspecified atom stereocenters. The lowest BCUT2D eigenvalue weighted by Gasteiger charge is -2.14. The van der Waals surface area contributed by atoms with Crippen molar-refractivity contribution < 1.29 is 18.7 Å². The summed E-state index contributed by atoms with van der Waals surface area (Å²) in [5, 5.41) is 2.28. The molecule has 0 aliphatic heterocycles. The van der Waals surface area contributed by atoms with E-state index in [0.717, 1.165) is 25.3 Å². The standard InChI is InChI=1S/C19H27ClFNO3S/c1-5-6-9-25-19(24)13(4)26-17-11-16(15(21)10-14(17)20)22-18(23)8-7-12(2)3/h10-13H,5-9H2,1-4H3,(H,22,23). The first-order valence-corrected chi connectivity index (χ1v) is 10.1. The number of hydrogen-bond acceptors (Lipinski definition) is 4. The number of hydrogen-bond donors (Lipinski definition) is 1. The quantitative estimate of drug-likeness (QED) is 0.310. The summed E-state index contributed by atoms with van der Waals surface area (Å²) < 4.78 is 19.3. The minimum atomic E-state index is -0.601. The normalized spacial score (nSPS) is 12.1. The van der Waals surface area contributed by atoms with Crippen molar-refractivity contribution in [1.82, 2.24) is 0 Å². The highest BCUT2D eigenvalue weighted by Gasteiger charge is 2.19. The van der Waals surface area contributed by atoms with Crippen molar-refractivity contribution in [2.45, 2.75) is 63.5 Å². The second-order valence-electron chi connectivity index (χ2n) is 6.52. The van der Waals surface area contributed by atoms with Crippen molar-refractivity contribution in [3.63, 3.8) is 0 Å². The molecule has 1 N–H and O–H groups in total. The number of amides is 1. The fourth-order valence-electron chi connectivity index (χ4n) is 2.02. The molecule has 1 atom stereocenters. The Morgan fingerprint density at radius 1 is 1.31 bits per heavy atom. The zero-order valence-electron chi connectivity index (χ0n) is 15.7. The Hall–Kier alpha value is -1.27. The van der Waals surface area contributed by atoms with E-state index >= 15 is 0 Å². The van der Waals surface area contributed by atoms with Crippen LogP contribution in [0.15, 0.2) is 17.0 Å². The molecule has 146 valence electrons. The summed E-state index contributed by atoms with van der Waals surface area (Å²) in [6.45, 7) is 8.15. The number of thioether (sulfide) groups is 1. The molecule has 0 aliphatic carbocycles. The highest BCUT2D eigenvalue weighted by atomic mass is 35.5.